The van der Waals surface area contributed by atoms with E-state index in [1.807, 2.05) is 0 Å². The number of nitriles is 1. The highest BCUT2D eigenvalue weighted by molar-refractivity contribution is 5.65. The van der Waals surface area contributed by atoms with Gasteiger partial charge < -0.3 is 25.0 Å². The lowest BCUT2D eigenvalue weighted by atomic mass is 10.1. The van der Waals surface area contributed by atoms with Crippen molar-refractivity contribution in [3.63, 3.8) is 0 Å². The fourth-order valence-electron chi connectivity index (χ4n) is 4.82. The number of hydrogen-bond donors (Lipinski definition) is 2. The zero-order chi connectivity index (χ0) is 24.4. The number of piperazine rings is 1. The summed E-state index contributed by atoms with van der Waals surface area (Å²) in [6.07, 6.45) is 4.32. The molecule has 2 fully saturated rings. The predicted molar refractivity (Wildman–Crippen MR) is 127 cm³/mol. The number of likely N-dealkylation sites (N-methyl/N-ethyl adjacent to an activating group) is 1. The lowest BCUT2D eigenvalue weighted by Gasteiger charge is -2.33. The standard InChI is InChI=1S/C24H29FN8O2/c1-31-10-3-4-17(31)15-35-24-29-23(32-11-9-27-16(14-32)7-8-26)22-28-13-18(33(22)30-24)12-19-20(25)5-2-6-21(19)34/h2,5-6,13,16-17,27,34H,3-4,7,9-12,14-15H2,1H3. The fraction of sp³-hybridized carbons (Fsp3) is 0.500. The van der Waals surface area contributed by atoms with E-state index in [9.17, 15) is 9.50 Å². The van der Waals surface area contributed by atoms with Gasteiger partial charge in [0, 0.05) is 43.7 Å². The van der Waals surface area contributed by atoms with Crippen LogP contribution in [0.5, 0.6) is 11.8 Å². The number of phenols is 1. The van der Waals surface area contributed by atoms with E-state index in [4.69, 9.17) is 15.0 Å². The van der Waals surface area contributed by atoms with Crippen LogP contribution in [0.15, 0.2) is 24.4 Å². The Kier molecular flexibility index (Phi) is 6.66. The monoisotopic (exact) mass is 480 g/mol. The first-order valence-electron chi connectivity index (χ1n) is 11.9. The Hall–Kier alpha value is -3.49. The van der Waals surface area contributed by atoms with Gasteiger partial charge in [-0.3, -0.25) is 0 Å². The summed E-state index contributed by atoms with van der Waals surface area (Å²) in [6.45, 7) is 3.51. The van der Waals surface area contributed by atoms with Gasteiger partial charge in [0.25, 0.3) is 0 Å². The quantitative estimate of drug-likeness (QED) is 0.522. The van der Waals surface area contributed by atoms with Crippen molar-refractivity contribution in [3.05, 3.63) is 41.5 Å². The molecule has 0 saturated carbocycles. The molecule has 0 bridgehead atoms. The van der Waals surface area contributed by atoms with E-state index in [1.165, 1.54) is 18.2 Å². The second-order valence-corrected chi connectivity index (χ2v) is 9.16. The van der Waals surface area contributed by atoms with Crippen LogP contribution in [0.25, 0.3) is 5.65 Å². The van der Waals surface area contributed by atoms with Crippen molar-refractivity contribution in [1.82, 2.24) is 29.8 Å². The van der Waals surface area contributed by atoms with E-state index in [1.54, 1.807) is 10.7 Å². The number of ether oxygens (including phenoxy) is 1. The summed E-state index contributed by atoms with van der Waals surface area (Å²) in [5, 5.41) is 27.3. The van der Waals surface area contributed by atoms with Crippen molar-refractivity contribution >= 4 is 11.5 Å². The first-order valence-corrected chi connectivity index (χ1v) is 11.9. The molecule has 11 heteroatoms. The van der Waals surface area contributed by atoms with Gasteiger partial charge in [-0.25, -0.2) is 13.9 Å². The minimum Gasteiger partial charge on any atom is -0.508 e. The van der Waals surface area contributed by atoms with Gasteiger partial charge in [0.2, 0.25) is 0 Å². The van der Waals surface area contributed by atoms with E-state index >= 15 is 0 Å². The predicted octanol–water partition coefficient (Wildman–Crippen LogP) is 1.72. The highest BCUT2D eigenvalue weighted by atomic mass is 19.1. The molecule has 1 aromatic carbocycles. The molecule has 2 aromatic heterocycles. The van der Waals surface area contributed by atoms with Crippen LogP contribution in [0.4, 0.5) is 10.2 Å². The lowest BCUT2D eigenvalue weighted by Crippen LogP contribution is -2.51. The third kappa shape index (κ3) is 4.85. The van der Waals surface area contributed by atoms with Crippen LogP contribution >= 0.6 is 0 Å². The van der Waals surface area contributed by atoms with Gasteiger partial charge in [-0.2, -0.15) is 10.2 Å². The molecule has 2 aliphatic heterocycles. The maximum atomic E-state index is 14.4. The second-order valence-electron chi connectivity index (χ2n) is 9.16. The number of likely N-dealkylation sites (tertiary alicyclic amines) is 1. The minimum absolute atomic E-state index is 0.0186. The van der Waals surface area contributed by atoms with Gasteiger partial charge in [0.15, 0.2) is 11.5 Å². The van der Waals surface area contributed by atoms with Gasteiger partial charge in [-0.15, -0.1) is 5.10 Å². The summed E-state index contributed by atoms with van der Waals surface area (Å²) in [4.78, 5) is 13.6. The number of anilines is 1. The van der Waals surface area contributed by atoms with Crippen LogP contribution in [-0.4, -0.2) is 81.5 Å². The number of nitrogens with zero attached hydrogens (tertiary/aromatic N) is 7. The number of phenolic OH excluding ortho intramolecular Hbond substituents is 1. The third-order valence-electron chi connectivity index (χ3n) is 6.82. The van der Waals surface area contributed by atoms with Crippen LogP contribution in [0.1, 0.15) is 30.5 Å². The van der Waals surface area contributed by atoms with Gasteiger partial charge in [0.1, 0.15) is 18.2 Å². The molecule has 2 saturated heterocycles. The van der Waals surface area contributed by atoms with Gasteiger partial charge in [0.05, 0.1) is 24.4 Å². The average Bonchev–Trinajstić information content (AvgIpc) is 3.45. The second kappa shape index (κ2) is 10.0. The number of aromatic nitrogens is 4. The van der Waals surface area contributed by atoms with Crippen LogP contribution in [-0.2, 0) is 6.42 Å². The number of fused-ring (bicyclic) bond motifs is 1. The summed E-state index contributed by atoms with van der Waals surface area (Å²) in [6, 6.07) is 7.02. The molecular formula is C24H29FN8O2. The molecule has 2 atom stereocenters. The van der Waals surface area contributed by atoms with E-state index in [0.29, 0.717) is 55.9 Å². The Balaban J connectivity index is 1.51. The number of halogens is 1. The number of aromatic hydroxyl groups is 1. The van der Waals surface area contributed by atoms with E-state index in [0.717, 1.165) is 19.4 Å². The molecule has 2 N–H and O–H groups in total. The Morgan fingerprint density at radius 1 is 1.34 bits per heavy atom. The molecule has 0 aliphatic carbocycles. The third-order valence-corrected chi connectivity index (χ3v) is 6.82. The lowest BCUT2D eigenvalue weighted by molar-refractivity contribution is 0.185. The number of hydrogen-bond acceptors (Lipinski definition) is 9. The first-order chi connectivity index (χ1) is 17.0. The first kappa shape index (κ1) is 23.3. The summed E-state index contributed by atoms with van der Waals surface area (Å²) >= 11 is 0. The summed E-state index contributed by atoms with van der Waals surface area (Å²) in [5.74, 6) is 0.0102. The molecule has 0 spiro atoms. The maximum absolute atomic E-state index is 14.4. The number of benzene rings is 1. The molecule has 3 aromatic rings. The number of nitrogens with one attached hydrogen (secondary N) is 1. The van der Waals surface area contributed by atoms with Crippen molar-refractivity contribution in [1.29, 1.82) is 5.26 Å². The summed E-state index contributed by atoms with van der Waals surface area (Å²) < 4.78 is 22.1. The fourth-order valence-corrected chi connectivity index (χ4v) is 4.82. The van der Waals surface area contributed by atoms with Crippen LogP contribution in [0.2, 0.25) is 0 Å². The van der Waals surface area contributed by atoms with Crippen LogP contribution in [0.3, 0.4) is 0 Å². The molecule has 2 unspecified atom stereocenters. The number of rotatable bonds is 7. The molecule has 0 radical (unpaired) electrons. The smallest absolute Gasteiger partial charge is 0.336 e. The van der Waals surface area contributed by atoms with Crippen molar-refractivity contribution in [2.45, 2.75) is 37.8 Å². The minimum atomic E-state index is -0.489. The van der Waals surface area contributed by atoms with Crippen molar-refractivity contribution < 1.29 is 14.2 Å². The SMILES string of the molecule is CN1CCCC1COc1nc(N2CCNC(CC#N)C2)c2ncc(Cc3c(O)cccc3F)n2n1. The normalized spacial score (nSPS) is 20.9. The molecule has 4 heterocycles. The molecular weight excluding hydrogens is 451 g/mol. The Morgan fingerprint density at radius 3 is 3.00 bits per heavy atom. The topological polar surface area (TPSA) is 115 Å². The molecule has 35 heavy (non-hydrogen) atoms. The van der Waals surface area contributed by atoms with Crippen LogP contribution < -0.4 is 15.0 Å². The van der Waals surface area contributed by atoms with Crippen molar-refractivity contribution in [3.8, 4) is 17.8 Å². The highest BCUT2D eigenvalue weighted by Crippen LogP contribution is 2.27. The molecule has 2 aliphatic rings. The van der Waals surface area contributed by atoms with E-state index < -0.39 is 5.82 Å². The Bertz CT molecular complexity index is 1220. The summed E-state index contributed by atoms with van der Waals surface area (Å²) in [5.41, 5.74) is 1.31. The molecule has 10 nitrogen and oxygen atoms in total. The van der Waals surface area contributed by atoms with E-state index in [2.05, 4.69) is 38.3 Å². The van der Waals surface area contributed by atoms with Gasteiger partial charge in [-0.05, 0) is 38.6 Å². The Labute approximate surface area is 203 Å². The van der Waals surface area contributed by atoms with Crippen molar-refractivity contribution in [2.24, 2.45) is 0 Å². The summed E-state index contributed by atoms with van der Waals surface area (Å²) in [7, 11) is 2.08. The van der Waals surface area contributed by atoms with E-state index in [-0.39, 0.29) is 29.8 Å². The Morgan fingerprint density at radius 2 is 2.23 bits per heavy atom. The zero-order valence-electron chi connectivity index (χ0n) is 19.7. The highest BCUT2D eigenvalue weighted by Gasteiger charge is 2.26. The molecule has 184 valence electrons. The molecule has 0 amide bonds. The number of imidazole rings is 1. The maximum Gasteiger partial charge on any atom is 0.336 e. The average molecular weight is 481 g/mol. The van der Waals surface area contributed by atoms with Crippen LogP contribution in [0, 0.1) is 17.1 Å². The molecule has 5 rings (SSSR count). The largest absolute Gasteiger partial charge is 0.508 e. The van der Waals surface area contributed by atoms with Gasteiger partial charge >= 0.3 is 6.01 Å². The zero-order valence-corrected chi connectivity index (χ0v) is 19.7. The van der Waals surface area contributed by atoms with Crippen molar-refractivity contribution in [2.75, 3.05) is 44.7 Å². The van der Waals surface area contributed by atoms with Gasteiger partial charge in [-0.1, -0.05) is 6.07 Å².